The predicted molar refractivity (Wildman–Crippen MR) is 73.0 cm³/mol. The first-order chi connectivity index (χ1) is 9.62. The van der Waals surface area contributed by atoms with Gasteiger partial charge in [-0.15, -0.1) is 0 Å². The SMILES string of the molecule is O=C(CC1(C(=O)O)CCCCCC1)Nc1ncccn1. The summed E-state index contributed by atoms with van der Waals surface area (Å²) in [5.41, 5.74) is -0.935. The quantitative estimate of drug-likeness (QED) is 0.823. The third-order valence-corrected chi connectivity index (χ3v) is 3.83. The van der Waals surface area contributed by atoms with E-state index < -0.39 is 11.4 Å². The van der Waals surface area contributed by atoms with E-state index in [1.54, 1.807) is 6.07 Å². The molecule has 6 heteroatoms. The van der Waals surface area contributed by atoms with Crippen molar-refractivity contribution < 1.29 is 14.7 Å². The van der Waals surface area contributed by atoms with Gasteiger partial charge in [0.2, 0.25) is 11.9 Å². The first kappa shape index (κ1) is 14.4. The van der Waals surface area contributed by atoms with Gasteiger partial charge in [0, 0.05) is 18.8 Å². The molecule has 0 atom stereocenters. The highest BCUT2D eigenvalue weighted by Crippen LogP contribution is 2.38. The lowest BCUT2D eigenvalue weighted by molar-refractivity contribution is -0.152. The average Bonchev–Trinajstić information content (AvgIpc) is 2.66. The Balaban J connectivity index is 2.04. The molecule has 1 aliphatic carbocycles. The molecular formula is C14H19N3O3. The molecule has 0 unspecified atom stereocenters. The number of aliphatic carboxylic acids is 1. The Hall–Kier alpha value is -1.98. The normalized spacial score (nSPS) is 18.0. The van der Waals surface area contributed by atoms with Crippen molar-refractivity contribution in [3.05, 3.63) is 18.5 Å². The van der Waals surface area contributed by atoms with E-state index in [0.29, 0.717) is 12.8 Å². The number of nitrogens with zero attached hydrogens (tertiary/aromatic N) is 2. The molecule has 2 rings (SSSR count). The second-order valence-corrected chi connectivity index (χ2v) is 5.30. The molecule has 1 aromatic rings. The van der Waals surface area contributed by atoms with Crippen LogP contribution in [-0.4, -0.2) is 27.0 Å². The lowest BCUT2D eigenvalue weighted by atomic mass is 9.77. The Bertz CT molecular complexity index is 468. The highest BCUT2D eigenvalue weighted by molar-refractivity contribution is 5.93. The van der Waals surface area contributed by atoms with Crippen molar-refractivity contribution in [1.82, 2.24) is 9.97 Å². The van der Waals surface area contributed by atoms with E-state index in [1.807, 2.05) is 0 Å². The summed E-state index contributed by atoms with van der Waals surface area (Å²) in [5.74, 6) is -0.990. The van der Waals surface area contributed by atoms with Crippen LogP contribution >= 0.6 is 0 Å². The van der Waals surface area contributed by atoms with Crippen LogP contribution in [-0.2, 0) is 9.59 Å². The molecule has 1 aliphatic rings. The number of hydrogen-bond donors (Lipinski definition) is 2. The lowest BCUT2D eigenvalue weighted by Crippen LogP contribution is -2.35. The number of carboxylic acids is 1. The zero-order valence-corrected chi connectivity index (χ0v) is 11.3. The summed E-state index contributed by atoms with van der Waals surface area (Å²) in [6.07, 6.45) is 7.97. The molecule has 6 nitrogen and oxygen atoms in total. The minimum atomic E-state index is -0.935. The third-order valence-electron chi connectivity index (χ3n) is 3.83. The minimum Gasteiger partial charge on any atom is -0.481 e. The summed E-state index contributed by atoms with van der Waals surface area (Å²) in [6, 6.07) is 1.65. The molecule has 0 radical (unpaired) electrons. The van der Waals surface area contributed by atoms with E-state index in [0.717, 1.165) is 25.7 Å². The van der Waals surface area contributed by atoms with Gasteiger partial charge in [0.25, 0.3) is 0 Å². The number of amides is 1. The van der Waals surface area contributed by atoms with Crippen LogP contribution in [0.2, 0.25) is 0 Å². The molecule has 0 saturated heterocycles. The average molecular weight is 277 g/mol. The number of aromatic nitrogens is 2. The number of carboxylic acid groups (broad SMARTS) is 1. The summed E-state index contributed by atoms with van der Waals surface area (Å²) >= 11 is 0. The topological polar surface area (TPSA) is 92.2 Å². The van der Waals surface area contributed by atoms with Crippen molar-refractivity contribution in [3.8, 4) is 0 Å². The highest BCUT2D eigenvalue weighted by Gasteiger charge is 2.40. The van der Waals surface area contributed by atoms with Crippen molar-refractivity contribution in [2.24, 2.45) is 5.41 Å². The van der Waals surface area contributed by atoms with Gasteiger partial charge < -0.3 is 5.11 Å². The number of nitrogens with one attached hydrogen (secondary N) is 1. The molecule has 1 fully saturated rings. The van der Waals surface area contributed by atoms with Gasteiger partial charge in [-0.25, -0.2) is 9.97 Å². The van der Waals surface area contributed by atoms with E-state index in [2.05, 4.69) is 15.3 Å². The van der Waals surface area contributed by atoms with Gasteiger partial charge in [-0.2, -0.15) is 0 Å². The first-order valence-electron chi connectivity index (χ1n) is 6.93. The number of rotatable bonds is 4. The van der Waals surface area contributed by atoms with Crippen LogP contribution in [0, 0.1) is 5.41 Å². The number of anilines is 1. The molecule has 108 valence electrons. The van der Waals surface area contributed by atoms with Crippen LogP contribution in [0.25, 0.3) is 0 Å². The molecule has 1 saturated carbocycles. The minimum absolute atomic E-state index is 0.0133. The van der Waals surface area contributed by atoms with Gasteiger partial charge in [0.1, 0.15) is 0 Å². The Labute approximate surface area is 117 Å². The van der Waals surface area contributed by atoms with Gasteiger partial charge in [-0.05, 0) is 18.9 Å². The molecule has 20 heavy (non-hydrogen) atoms. The van der Waals surface area contributed by atoms with Gasteiger partial charge >= 0.3 is 5.97 Å². The fourth-order valence-electron chi connectivity index (χ4n) is 2.71. The summed E-state index contributed by atoms with van der Waals surface area (Å²) in [7, 11) is 0. The fourth-order valence-corrected chi connectivity index (χ4v) is 2.71. The van der Waals surface area contributed by atoms with E-state index in [1.165, 1.54) is 12.4 Å². The molecule has 0 aromatic carbocycles. The first-order valence-corrected chi connectivity index (χ1v) is 6.93. The molecule has 1 aromatic heterocycles. The van der Waals surface area contributed by atoms with Crippen LogP contribution in [0.4, 0.5) is 5.95 Å². The maximum Gasteiger partial charge on any atom is 0.310 e. The Morgan fingerprint density at radius 2 is 1.75 bits per heavy atom. The maximum absolute atomic E-state index is 12.0. The maximum atomic E-state index is 12.0. The predicted octanol–water partition coefficient (Wildman–Crippen LogP) is 2.23. The molecule has 0 spiro atoms. The molecule has 1 heterocycles. The zero-order chi connectivity index (χ0) is 14.4. The lowest BCUT2D eigenvalue weighted by Gasteiger charge is -2.27. The third kappa shape index (κ3) is 3.53. The fraction of sp³-hybridized carbons (Fsp3) is 0.571. The molecule has 1 amide bonds. The summed E-state index contributed by atoms with van der Waals surface area (Å²) < 4.78 is 0. The van der Waals surface area contributed by atoms with Crippen LogP contribution in [0.15, 0.2) is 18.5 Å². The molecule has 0 aliphatic heterocycles. The van der Waals surface area contributed by atoms with E-state index in [4.69, 9.17) is 0 Å². The zero-order valence-electron chi connectivity index (χ0n) is 11.3. The smallest absolute Gasteiger partial charge is 0.310 e. The number of hydrogen-bond acceptors (Lipinski definition) is 4. The standard InChI is InChI=1S/C14H19N3O3/c18-11(17-13-15-8-5-9-16-13)10-14(12(19)20)6-3-1-2-4-7-14/h5,8-9H,1-4,6-7,10H2,(H,19,20)(H,15,16,17,18). The van der Waals surface area contributed by atoms with E-state index >= 15 is 0 Å². The van der Waals surface area contributed by atoms with Gasteiger partial charge in [0.15, 0.2) is 0 Å². The van der Waals surface area contributed by atoms with Crippen LogP contribution in [0.5, 0.6) is 0 Å². The van der Waals surface area contributed by atoms with Crippen LogP contribution in [0.1, 0.15) is 44.9 Å². The molecule has 2 N–H and O–H groups in total. The van der Waals surface area contributed by atoms with Gasteiger partial charge in [-0.3, -0.25) is 14.9 Å². The number of carbonyl (C=O) groups excluding carboxylic acids is 1. The molecular weight excluding hydrogens is 258 g/mol. The van der Waals surface area contributed by atoms with Crippen molar-refractivity contribution in [3.63, 3.8) is 0 Å². The largest absolute Gasteiger partial charge is 0.481 e. The second kappa shape index (κ2) is 6.45. The Morgan fingerprint density at radius 3 is 2.30 bits per heavy atom. The Morgan fingerprint density at radius 1 is 1.15 bits per heavy atom. The van der Waals surface area contributed by atoms with Crippen molar-refractivity contribution in [2.45, 2.75) is 44.9 Å². The van der Waals surface area contributed by atoms with Crippen molar-refractivity contribution in [2.75, 3.05) is 5.32 Å². The summed E-state index contributed by atoms with van der Waals surface area (Å²) in [6.45, 7) is 0. The monoisotopic (exact) mass is 277 g/mol. The van der Waals surface area contributed by atoms with E-state index in [-0.39, 0.29) is 18.3 Å². The van der Waals surface area contributed by atoms with E-state index in [9.17, 15) is 14.7 Å². The summed E-state index contributed by atoms with van der Waals surface area (Å²) in [4.78, 5) is 31.5. The highest BCUT2D eigenvalue weighted by atomic mass is 16.4. The Kier molecular flexibility index (Phi) is 4.65. The van der Waals surface area contributed by atoms with Gasteiger partial charge in [0.05, 0.1) is 5.41 Å². The van der Waals surface area contributed by atoms with Crippen molar-refractivity contribution in [1.29, 1.82) is 0 Å². The number of carbonyl (C=O) groups is 2. The molecule has 0 bridgehead atoms. The second-order valence-electron chi connectivity index (χ2n) is 5.30. The van der Waals surface area contributed by atoms with Crippen LogP contribution < -0.4 is 5.32 Å². The van der Waals surface area contributed by atoms with Crippen LogP contribution in [0.3, 0.4) is 0 Å². The van der Waals surface area contributed by atoms with Crippen molar-refractivity contribution >= 4 is 17.8 Å². The summed E-state index contributed by atoms with van der Waals surface area (Å²) in [5, 5.41) is 12.1. The van der Waals surface area contributed by atoms with Gasteiger partial charge in [-0.1, -0.05) is 25.7 Å².